The van der Waals surface area contributed by atoms with Gasteiger partial charge in [0.15, 0.2) is 0 Å². The Hall–Kier alpha value is -2.18. The molecule has 6 nitrogen and oxygen atoms in total. The van der Waals surface area contributed by atoms with Crippen molar-refractivity contribution >= 4 is 5.91 Å². The highest BCUT2D eigenvalue weighted by atomic mass is 16.3. The lowest BCUT2D eigenvalue weighted by atomic mass is 9.79. The first kappa shape index (κ1) is 17.2. The first-order chi connectivity index (χ1) is 12.6. The third-order valence-electron chi connectivity index (χ3n) is 5.77. The first-order valence-corrected chi connectivity index (χ1v) is 9.41. The Balaban J connectivity index is 1.62. The van der Waals surface area contributed by atoms with Crippen LogP contribution in [-0.2, 0) is 5.60 Å². The van der Waals surface area contributed by atoms with Gasteiger partial charge in [0.2, 0.25) is 0 Å². The molecular weight excluding hydrogens is 328 g/mol. The van der Waals surface area contributed by atoms with Gasteiger partial charge in [-0.1, -0.05) is 30.3 Å². The van der Waals surface area contributed by atoms with Gasteiger partial charge in [0.1, 0.15) is 11.3 Å². The molecule has 138 valence electrons. The molecule has 0 saturated carbocycles. The number of rotatable bonds is 3. The summed E-state index contributed by atoms with van der Waals surface area (Å²) < 4.78 is 0. The Bertz CT molecular complexity index is 769. The summed E-state index contributed by atoms with van der Waals surface area (Å²) in [6.07, 6.45) is 2.83. The number of amides is 1. The van der Waals surface area contributed by atoms with Crippen molar-refractivity contribution in [2.45, 2.75) is 37.8 Å². The average Bonchev–Trinajstić information content (AvgIpc) is 3.34. The molecule has 2 atom stereocenters. The average molecular weight is 354 g/mol. The van der Waals surface area contributed by atoms with E-state index in [2.05, 4.69) is 15.1 Å². The van der Waals surface area contributed by atoms with Crippen molar-refractivity contribution in [3.63, 3.8) is 0 Å². The maximum atomic E-state index is 12.9. The van der Waals surface area contributed by atoms with Gasteiger partial charge < -0.3 is 10.0 Å². The largest absolute Gasteiger partial charge is 0.383 e. The monoisotopic (exact) mass is 354 g/mol. The van der Waals surface area contributed by atoms with Crippen LogP contribution in [0.1, 0.15) is 41.0 Å². The van der Waals surface area contributed by atoms with E-state index in [1.54, 1.807) is 6.07 Å². The molecule has 0 aliphatic carbocycles. The van der Waals surface area contributed by atoms with Crippen molar-refractivity contribution < 1.29 is 9.90 Å². The zero-order chi connectivity index (χ0) is 18.1. The molecule has 0 unspecified atom stereocenters. The zero-order valence-electron chi connectivity index (χ0n) is 15.2. The predicted octanol–water partition coefficient (Wildman–Crippen LogP) is 1.92. The minimum absolute atomic E-state index is 0.0614. The second-order valence-corrected chi connectivity index (χ2v) is 7.49. The highest BCUT2D eigenvalue weighted by Gasteiger charge is 2.47. The number of benzene rings is 1. The number of nitrogens with one attached hydrogen (secondary N) is 1. The summed E-state index contributed by atoms with van der Waals surface area (Å²) in [6, 6.07) is 11.6. The summed E-state index contributed by atoms with van der Waals surface area (Å²) in [6.45, 7) is 4.89. The summed E-state index contributed by atoms with van der Waals surface area (Å²) in [7, 11) is 0. The molecule has 1 amide bonds. The van der Waals surface area contributed by atoms with Crippen molar-refractivity contribution in [2.75, 3.05) is 26.2 Å². The maximum Gasteiger partial charge on any atom is 0.274 e. The fourth-order valence-corrected chi connectivity index (χ4v) is 4.33. The van der Waals surface area contributed by atoms with Crippen molar-refractivity contribution in [1.29, 1.82) is 0 Å². The van der Waals surface area contributed by atoms with Crippen LogP contribution in [-0.4, -0.2) is 63.2 Å². The maximum absolute atomic E-state index is 12.9. The van der Waals surface area contributed by atoms with Crippen LogP contribution in [0.2, 0.25) is 0 Å². The molecule has 2 aliphatic heterocycles. The molecule has 0 radical (unpaired) electrons. The molecule has 0 bridgehead atoms. The van der Waals surface area contributed by atoms with Crippen LogP contribution in [0.25, 0.3) is 0 Å². The standard InChI is InChI=1S/C20H26N4O2/c1-15-13-17(22-21-15)19(25)24-12-9-20(26,16-7-3-2-4-8-16)18(14-24)23-10-5-6-11-23/h2-4,7-8,13,18,26H,5-6,9-12,14H2,1H3,(H,21,22)/t18-,20-/m1/s1. The van der Waals surface area contributed by atoms with E-state index in [1.165, 1.54) is 0 Å². The van der Waals surface area contributed by atoms with Crippen LogP contribution in [0.5, 0.6) is 0 Å². The van der Waals surface area contributed by atoms with Crippen LogP contribution >= 0.6 is 0 Å². The van der Waals surface area contributed by atoms with Gasteiger partial charge in [-0.15, -0.1) is 0 Å². The van der Waals surface area contributed by atoms with Gasteiger partial charge >= 0.3 is 0 Å². The molecular formula is C20H26N4O2. The Morgan fingerprint density at radius 3 is 2.62 bits per heavy atom. The predicted molar refractivity (Wildman–Crippen MR) is 98.8 cm³/mol. The lowest BCUT2D eigenvalue weighted by Gasteiger charge is -2.48. The normalized spacial score (nSPS) is 27.0. The summed E-state index contributed by atoms with van der Waals surface area (Å²) in [5.41, 5.74) is 1.35. The second kappa shape index (κ2) is 6.85. The molecule has 2 aliphatic rings. The smallest absolute Gasteiger partial charge is 0.274 e. The summed E-state index contributed by atoms with van der Waals surface area (Å²) in [5.74, 6) is -0.0614. The van der Waals surface area contributed by atoms with Gasteiger partial charge in [-0.2, -0.15) is 5.10 Å². The fraction of sp³-hybridized carbons (Fsp3) is 0.500. The summed E-state index contributed by atoms with van der Waals surface area (Å²) in [5, 5.41) is 18.6. The number of likely N-dealkylation sites (tertiary alicyclic amines) is 2. The molecule has 2 aromatic rings. The second-order valence-electron chi connectivity index (χ2n) is 7.49. The molecule has 3 heterocycles. The molecule has 2 N–H and O–H groups in total. The quantitative estimate of drug-likeness (QED) is 0.883. The zero-order valence-corrected chi connectivity index (χ0v) is 15.2. The van der Waals surface area contributed by atoms with E-state index in [1.807, 2.05) is 42.2 Å². The van der Waals surface area contributed by atoms with Crippen molar-refractivity contribution in [2.24, 2.45) is 0 Å². The topological polar surface area (TPSA) is 72.5 Å². The summed E-state index contributed by atoms with van der Waals surface area (Å²) >= 11 is 0. The number of aryl methyl sites for hydroxylation is 1. The number of nitrogens with zero attached hydrogens (tertiary/aromatic N) is 3. The number of hydrogen-bond donors (Lipinski definition) is 2. The lowest BCUT2D eigenvalue weighted by molar-refractivity contribution is -0.0878. The van der Waals surface area contributed by atoms with Gasteiger partial charge in [-0.3, -0.25) is 14.8 Å². The number of hydrogen-bond acceptors (Lipinski definition) is 4. The molecule has 1 aromatic heterocycles. The molecule has 1 aromatic carbocycles. The Kier molecular flexibility index (Phi) is 4.54. The molecule has 26 heavy (non-hydrogen) atoms. The van der Waals surface area contributed by atoms with Crippen LogP contribution in [0.4, 0.5) is 0 Å². The van der Waals surface area contributed by atoms with E-state index in [4.69, 9.17) is 0 Å². The van der Waals surface area contributed by atoms with E-state index in [-0.39, 0.29) is 11.9 Å². The number of carbonyl (C=O) groups excluding carboxylic acids is 1. The number of aliphatic hydroxyl groups is 1. The fourth-order valence-electron chi connectivity index (χ4n) is 4.33. The molecule has 6 heteroatoms. The summed E-state index contributed by atoms with van der Waals surface area (Å²) in [4.78, 5) is 17.1. The van der Waals surface area contributed by atoms with Crippen LogP contribution < -0.4 is 0 Å². The van der Waals surface area contributed by atoms with E-state index >= 15 is 0 Å². The third-order valence-corrected chi connectivity index (χ3v) is 5.77. The minimum Gasteiger partial charge on any atom is -0.383 e. The van der Waals surface area contributed by atoms with Gasteiger partial charge in [0.05, 0.1) is 6.04 Å². The third kappa shape index (κ3) is 3.04. The Labute approximate surface area is 153 Å². The SMILES string of the molecule is Cc1cc(C(=O)N2CC[C@@](O)(c3ccccc3)[C@H](N3CCCC3)C2)n[nH]1. The van der Waals surface area contributed by atoms with Crippen molar-refractivity contribution in [3.8, 4) is 0 Å². The van der Waals surface area contributed by atoms with E-state index in [9.17, 15) is 9.90 Å². The van der Waals surface area contributed by atoms with Crippen LogP contribution in [0.15, 0.2) is 36.4 Å². The highest BCUT2D eigenvalue weighted by Crippen LogP contribution is 2.37. The molecule has 2 saturated heterocycles. The number of H-pyrrole nitrogens is 1. The Morgan fingerprint density at radius 1 is 1.23 bits per heavy atom. The first-order valence-electron chi connectivity index (χ1n) is 9.41. The van der Waals surface area contributed by atoms with Crippen molar-refractivity contribution in [3.05, 3.63) is 53.3 Å². The molecule has 4 rings (SSSR count). The number of aromatic nitrogens is 2. The van der Waals surface area contributed by atoms with Gasteiger partial charge in [-0.25, -0.2) is 0 Å². The van der Waals surface area contributed by atoms with Crippen LogP contribution in [0.3, 0.4) is 0 Å². The minimum atomic E-state index is -0.927. The molecule has 2 fully saturated rings. The van der Waals surface area contributed by atoms with Gasteiger partial charge in [-0.05, 0) is 50.9 Å². The number of aromatic amines is 1. The van der Waals surface area contributed by atoms with Crippen molar-refractivity contribution in [1.82, 2.24) is 20.0 Å². The van der Waals surface area contributed by atoms with E-state index in [0.29, 0.717) is 25.2 Å². The number of piperidine rings is 1. The lowest BCUT2D eigenvalue weighted by Crippen LogP contribution is -2.61. The van der Waals surface area contributed by atoms with E-state index in [0.717, 1.165) is 37.2 Å². The van der Waals surface area contributed by atoms with Gasteiger partial charge in [0, 0.05) is 18.8 Å². The Morgan fingerprint density at radius 2 is 1.96 bits per heavy atom. The number of carbonyl (C=O) groups is 1. The van der Waals surface area contributed by atoms with Gasteiger partial charge in [0.25, 0.3) is 5.91 Å². The highest BCUT2D eigenvalue weighted by molar-refractivity contribution is 5.92. The van der Waals surface area contributed by atoms with E-state index < -0.39 is 5.60 Å². The van der Waals surface area contributed by atoms with Crippen LogP contribution in [0, 0.1) is 6.92 Å². The molecule has 0 spiro atoms.